The van der Waals surface area contributed by atoms with Crippen molar-refractivity contribution in [3.05, 3.63) is 0 Å². The van der Waals surface area contributed by atoms with Crippen molar-refractivity contribution in [2.24, 2.45) is 0 Å². The van der Waals surface area contributed by atoms with Crippen molar-refractivity contribution >= 4 is 17.4 Å². The van der Waals surface area contributed by atoms with E-state index in [0.29, 0.717) is 0 Å². The minimum atomic E-state index is -2.36. The van der Waals surface area contributed by atoms with E-state index in [1.165, 1.54) is 32.1 Å². The van der Waals surface area contributed by atoms with Crippen LogP contribution >= 0.6 is 0 Å². The molecule has 0 aliphatic rings. The normalized spacial score (nSPS) is 12.9. The molecule has 0 fully saturated rings. The quantitative estimate of drug-likeness (QED) is 0.358. The molecule has 0 unspecified atom stereocenters. The lowest BCUT2D eigenvalue weighted by molar-refractivity contribution is 0.122. The first-order valence-electron chi connectivity index (χ1n) is 7.77. The highest BCUT2D eigenvalue weighted by Gasteiger charge is 2.36. The van der Waals surface area contributed by atoms with Gasteiger partial charge in [0.2, 0.25) is 0 Å². The van der Waals surface area contributed by atoms with Crippen LogP contribution in [-0.4, -0.2) is 52.9 Å². The van der Waals surface area contributed by atoms with Crippen molar-refractivity contribution < 1.29 is 22.1 Å². The third kappa shape index (κ3) is 8.44. The van der Waals surface area contributed by atoms with Crippen LogP contribution in [0.4, 0.5) is 0 Å². The molecule has 0 aliphatic carbocycles. The third-order valence-corrected chi connectivity index (χ3v) is 9.98. The monoisotopic (exact) mass is 338 g/mol. The van der Waals surface area contributed by atoms with E-state index < -0.39 is 17.4 Å². The van der Waals surface area contributed by atoms with Gasteiger partial charge in [0, 0.05) is 41.6 Å². The highest BCUT2D eigenvalue weighted by atomic mass is 28.4. The summed E-state index contributed by atoms with van der Waals surface area (Å²) in [7, 11) is 4.32. The van der Waals surface area contributed by atoms with E-state index in [-0.39, 0.29) is 0 Å². The van der Waals surface area contributed by atoms with Gasteiger partial charge in [-0.3, -0.25) is 0 Å². The first kappa shape index (κ1) is 21.2. The fraction of sp³-hybridized carbons (Fsp3) is 1.00. The zero-order chi connectivity index (χ0) is 16.2. The lowest BCUT2D eigenvalue weighted by Gasteiger charge is -2.24. The first-order chi connectivity index (χ1) is 10.0. The molecule has 0 saturated carbocycles. The zero-order valence-corrected chi connectivity index (χ0v) is 16.7. The van der Waals surface area contributed by atoms with Crippen LogP contribution in [0.1, 0.15) is 38.5 Å². The second-order valence-corrected chi connectivity index (χ2v) is 12.1. The largest absolute Gasteiger partial charge is 0.500 e. The van der Waals surface area contributed by atoms with Crippen molar-refractivity contribution in [3.63, 3.8) is 0 Å². The molecule has 7 heteroatoms. The molecule has 0 aromatic heterocycles. The molecule has 0 rings (SSSR count). The van der Waals surface area contributed by atoms with E-state index in [4.69, 9.17) is 22.1 Å². The zero-order valence-electron chi connectivity index (χ0n) is 14.7. The van der Waals surface area contributed by atoms with E-state index in [0.717, 1.165) is 18.5 Å². The summed E-state index contributed by atoms with van der Waals surface area (Å²) in [5, 5.41) is 0. The Labute approximate surface area is 132 Å². The van der Waals surface area contributed by atoms with Crippen LogP contribution in [0.25, 0.3) is 0 Å². The summed E-state index contributed by atoms with van der Waals surface area (Å²) in [6.45, 7) is 2.12. The van der Waals surface area contributed by atoms with Crippen LogP contribution < -0.4 is 0 Å². The minimum absolute atomic E-state index is 0.898. The van der Waals surface area contributed by atoms with E-state index in [1.807, 2.05) is 0 Å². The van der Waals surface area contributed by atoms with Crippen molar-refractivity contribution in [1.29, 1.82) is 0 Å². The Hall–Kier alpha value is 0.234. The molecule has 0 bridgehead atoms. The SMILES string of the molecule is CO[Si](C)(CCCCCCCC[Si](OC)(OC)OC)OC. The van der Waals surface area contributed by atoms with Gasteiger partial charge in [-0.15, -0.1) is 0 Å². The van der Waals surface area contributed by atoms with Crippen LogP contribution in [0, 0.1) is 0 Å². The highest BCUT2D eigenvalue weighted by Crippen LogP contribution is 2.20. The summed E-state index contributed by atoms with van der Waals surface area (Å²) in [6, 6.07) is 1.97. The molecule has 0 N–H and O–H groups in total. The van der Waals surface area contributed by atoms with Crippen LogP contribution in [-0.2, 0) is 22.1 Å². The molecule has 0 saturated heterocycles. The summed E-state index contributed by atoms with van der Waals surface area (Å²) in [5.74, 6) is 0. The molecule has 0 aromatic rings. The molecule has 128 valence electrons. The van der Waals surface area contributed by atoms with Gasteiger partial charge >= 0.3 is 17.4 Å². The van der Waals surface area contributed by atoms with Crippen molar-refractivity contribution in [2.45, 2.75) is 57.2 Å². The van der Waals surface area contributed by atoms with E-state index >= 15 is 0 Å². The topological polar surface area (TPSA) is 46.2 Å². The first-order valence-corrected chi connectivity index (χ1v) is 12.2. The second-order valence-electron chi connectivity index (χ2n) is 5.46. The number of unbranched alkanes of at least 4 members (excludes halogenated alkanes) is 5. The van der Waals surface area contributed by atoms with Gasteiger partial charge in [0.05, 0.1) is 0 Å². The van der Waals surface area contributed by atoms with Gasteiger partial charge in [0.15, 0.2) is 0 Å². The van der Waals surface area contributed by atoms with Gasteiger partial charge in [-0.1, -0.05) is 32.1 Å². The smallest absolute Gasteiger partial charge is 0.398 e. The molecule has 0 heterocycles. The molecule has 0 aliphatic heterocycles. The number of hydrogen-bond donors (Lipinski definition) is 0. The Morgan fingerprint density at radius 3 is 1.29 bits per heavy atom. The minimum Gasteiger partial charge on any atom is -0.398 e. The summed E-state index contributed by atoms with van der Waals surface area (Å²) >= 11 is 0. The van der Waals surface area contributed by atoms with Gasteiger partial charge in [-0.25, -0.2) is 0 Å². The molecule has 0 aromatic carbocycles. The van der Waals surface area contributed by atoms with E-state index in [2.05, 4.69) is 6.55 Å². The van der Waals surface area contributed by atoms with E-state index in [1.54, 1.807) is 35.5 Å². The lowest BCUT2D eigenvalue weighted by atomic mass is 10.1. The summed E-state index contributed by atoms with van der Waals surface area (Å²) < 4.78 is 27.2. The summed E-state index contributed by atoms with van der Waals surface area (Å²) in [6.07, 6.45) is 7.26. The maximum Gasteiger partial charge on any atom is 0.500 e. The summed E-state index contributed by atoms with van der Waals surface area (Å²) in [4.78, 5) is 0. The fourth-order valence-corrected chi connectivity index (χ4v) is 5.60. The van der Waals surface area contributed by atoms with Crippen molar-refractivity contribution in [2.75, 3.05) is 35.5 Å². The average Bonchev–Trinajstić information content (AvgIpc) is 2.54. The van der Waals surface area contributed by atoms with Gasteiger partial charge in [-0.05, 0) is 19.0 Å². The maximum absolute atomic E-state index is 5.49. The average molecular weight is 339 g/mol. The van der Waals surface area contributed by atoms with Crippen LogP contribution in [0.2, 0.25) is 18.6 Å². The predicted molar refractivity (Wildman–Crippen MR) is 89.7 cm³/mol. The van der Waals surface area contributed by atoms with Gasteiger partial charge in [0.1, 0.15) is 0 Å². The van der Waals surface area contributed by atoms with E-state index in [9.17, 15) is 0 Å². The van der Waals surface area contributed by atoms with Gasteiger partial charge < -0.3 is 22.1 Å². The second kappa shape index (κ2) is 11.8. The maximum atomic E-state index is 5.49. The van der Waals surface area contributed by atoms with Crippen LogP contribution in [0.5, 0.6) is 0 Å². The third-order valence-electron chi connectivity index (χ3n) is 4.16. The molecule has 0 atom stereocenters. The Morgan fingerprint density at radius 1 is 0.524 bits per heavy atom. The number of rotatable bonds is 14. The van der Waals surface area contributed by atoms with Crippen LogP contribution in [0.15, 0.2) is 0 Å². The van der Waals surface area contributed by atoms with Crippen molar-refractivity contribution in [3.8, 4) is 0 Å². The molecular formula is C14H34O5Si2. The molecule has 0 spiro atoms. The molecule has 0 radical (unpaired) electrons. The Balaban J connectivity index is 3.61. The predicted octanol–water partition coefficient (Wildman–Crippen LogP) is 3.57. The lowest BCUT2D eigenvalue weighted by Crippen LogP contribution is -2.42. The highest BCUT2D eigenvalue weighted by molar-refractivity contribution is 6.65. The molecule has 0 amide bonds. The van der Waals surface area contributed by atoms with Gasteiger partial charge in [0.25, 0.3) is 0 Å². The van der Waals surface area contributed by atoms with Crippen LogP contribution in [0.3, 0.4) is 0 Å². The fourth-order valence-electron chi connectivity index (χ4n) is 2.34. The molecule has 21 heavy (non-hydrogen) atoms. The Morgan fingerprint density at radius 2 is 0.905 bits per heavy atom. The van der Waals surface area contributed by atoms with Crippen molar-refractivity contribution in [1.82, 2.24) is 0 Å². The molecular weight excluding hydrogens is 304 g/mol. The number of hydrogen-bond acceptors (Lipinski definition) is 5. The summed E-state index contributed by atoms with van der Waals surface area (Å²) in [5.41, 5.74) is 0. The Bertz CT molecular complexity index is 237. The molecule has 5 nitrogen and oxygen atoms in total. The standard InChI is InChI=1S/C14H34O5Si2/c1-15-20(6,16-2)13-11-9-7-8-10-12-14-21(17-3,18-4)19-5/h7-14H2,1-6H3. The van der Waals surface area contributed by atoms with Gasteiger partial charge in [-0.2, -0.15) is 0 Å². The Kier molecular flexibility index (Phi) is 11.9.